The Morgan fingerprint density at radius 2 is 1.87 bits per heavy atom. The zero-order valence-electron chi connectivity index (χ0n) is 8.01. The number of nitrogens with zero attached hydrogens (tertiary/aromatic N) is 1. The Kier molecular flexibility index (Phi) is 2.44. The molecule has 0 unspecified atom stereocenters. The maximum Gasteiger partial charge on any atom is 0.416 e. The van der Waals surface area contributed by atoms with Crippen molar-refractivity contribution < 1.29 is 13.2 Å². The van der Waals surface area contributed by atoms with Gasteiger partial charge in [-0.2, -0.15) is 13.2 Å². The number of rotatable bonds is 1. The molecule has 2 nitrogen and oxygen atoms in total. The Bertz CT molecular complexity index is 373. The summed E-state index contributed by atoms with van der Waals surface area (Å²) < 4.78 is 37.2. The van der Waals surface area contributed by atoms with E-state index in [2.05, 4.69) is 0 Å². The number of alkyl halides is 3. The van der Waals surface area contributed by atoms with Gasteiger partial charge in [-0.1, -0.05) is 6.07 Å². The average Bonchev–Trinajstić information content (AvgIpc) is 2.57. The van der Waals surface area contributed by atoms with E-state index in [-0.39, 0.29) is 0 Å². The summed E-state index contributed by atoms with van der Waals surface area (Å²) in [5, 5.41) is 0. The molecular weight excluding hydrogens is 205 g/mol. The zero-order valence-corrected chi connectivity index (χ0v) is 8.01. The monoisotopic (exact) mass is 216 g/mol. The first-order valence-corrected chi connectivity index (χ1v) is 4.62. The first-order valence-electron chi connectivity index (χ1n) is 4.62. The molecule has 2 N–H and O–H groups in total. The van der Waals surface area contributed by atoms with E-state index in [0.29, 0.717) is 19.8 Å². The Hall–Kier alpha value is -1.07. The van der Waals surface area contributed by atoms with Gasteiger partial charge < -0.3 is 5.73 Å². The second kappa shape index (κ2) is 3.50. The van der Waals surface area contributed by atoms with Crippen molar-refractivity contribution in [3.63, 3.8) is 0 Å². The predicted octanol–water partition coefficient (Wildman–Crippen LogP) is 1.94. The van der Waals surface area contributed by atoms with Gasteiger partial charge in [-0.25, -0.2) is 0 Å². The molecule has 1 aliphatic heterocycles. The van der Waals surface area contributed by atoms with Gasteiger partial charge in [-0.3, -0.25) is 4.90 Å². The molecule has 0 fully saturated rings. The summed E-state index contributed by atoms with van der Waals surface area (Å²) in [6, 6.07) is 3.87. The highest BCUT2D eigenvalue weighted by molar-refractivity contribution is 5.35. The highest BCUT2D eigenvalue weighted by Gasteiger charge is 2.32. The van der Waals surface area contributed by atoms with Crippen LogP contribution in [0.25, 0.3) is 0 Å². The van der Waals surface area contributed by atoms with Gasteiger partial charge in [0.25, 0.3) is 0 Å². The van der Waals surface area contributed by atoms with Crippen molar-refractivity contribution in [2.75, 3.05) is 6.67 Å². The van der Waals surface area contributed by atoms with Crippen LogP contribution in [0, 0.1) is 0 Å². The van der Waals surface area contributed by atoms with Gasteiger partial charge in [-0.15, -0.1) is 0 Å². The molecule has 0 saturated carbocycles. The summed E-state index contributed by atoms with van der Waals surface area (Å²) in [6.07, 6.45) is -4.26. The molecular formula is C10H11F3N2. The SMILES string of the molecule is NCN1Cc2ccc(C(F)(F)F)cc2C1. The smallest absolute Gasteiger partial charge is 0.318 e. The fourth-order valence-corrected chi connectivity index (χ4v) is 1.77. The van der Waals surface area contributed by atoms with Gasteiger partial charge in [0.05, 0.1) is 5.56 Å². The molecule has 5 heteroatoms. The minimum atomic E-state index is -4.26. The van der Waals surface area contributed by atoms with E-state index in [9.17, 15) is 13.2 Å². The molecule has 0 radical (unpaired) electrons. The summed E-state index contributed by atoms with van der Waals surface area (Å²) in [5.41, 5.74) is 6.53. The summed E-state index contributed by atoms with van der Waals surface area (Å²) in [4.78, 5) is 1.89. The maximum absolute atomic E-state index is 12.4. The summed E-state index contributed by atoms with van der Waals surface area (Å²) in [7, 11) is 0. The van der Waals surface area contributed by atoms with Gasteiger partial charge >= 0.3 is 6.18 Å². The number of hydrogen-bond donors (Lipinski definition) is 1. The first kappa shape index (κ1) is 10.4. The van der Waals surface area contributed by atoms with Crippen molar-refractivity contribution in [3.05, 3.63) is 34.9 Å². The normalized spacial score (nSPS) is 16.8. The summed E-state index contributed by atoms with van der Waals surface area (Å²) >= 11 is 0. The van der Waals surface area contributed by atoms with E-state index < -0.39 is 11.7 Å². The Morgan fingerprint density at radius 1 is 1.20 bits per heavy atom. The molecule has 82 valence electrons. The van der Waals surface area contributed by atoms with Gasteiger partial charge in [0, 0.05) is 19.8 Å². The van der Waals surface area contributed by atoms with Crippen LogP contribution in [0.4, 0.5) is 13.2 Å². The van der Waals surface area contributed by atoms with Crippen LogP contribution in [0.15, 0.2) is 18.2 Å². The Balaban J connectivity index is 2.30. The summed E-state index contributed by atoms with van der Waals surface area (Å²) in [6.45, 7) is 1.52. The Morgan fingerprint density at radius 3 is 2.47 bits per heavy atom. The molecule has 15 heavy (non-hydrogen) atoms. The van der Waals surface area contributed by atoms with E-state index in [4.69, 9.17) is 5.73 Å². The number of hydrogen-bond acceptors (Lipinski definition) is 2. The van der Waals surface area contributed by atoms with E-state index in [0.717, 1.165) is 17.2 Å². The molecule has 1 aromatic rings. The molecule has 0 atom stereocenters. The average molecular weight is 216 g/mol. The van der Waals surface area contributed by atoms with E-state index in [1.54, 1.807) is 0 Å². The largest absolute Gasteiger partial charge is 0.416 e. The van der Waals surface area contributed by atoms with Crippen LogP contribution >= 0.6 is 0 Å². The molecule has 1 aromatic carbocycles. The second-order valence-corrected chi connectivity index (χ2v) is 3.65. The first-order chi connectivity index (χ1) is 7.00. The fraction of sp³-hybridized carbons (Fsp3) is 0.400. The molecule has 0 amide bonds. The van der Waals surface area contributed by atoms with Crippen molar-refractivity contribution in [3.8, 4) is 0 Å². The number of benzene rings is 1. The van der Waals surface area contributed by atoms with E-state index >= 15 is 0 Å². The Labute approximate surface area is 85.5 Å². The van der Waals surface area contributed by atoms with Gasteiger partial charge in [-0.05, 0) is 23.3 Å². The van der Waals surface area contributed by atoms with Crippen LogP contribution < -0.4 is 5.73 Å². The van der Waals surface area contributed by atoms with Crippen LogP contribution in [-0.2, 0) is 19.3 Å². The van der Waals surface area contributed by atoms with Gasteiger partial charge in [0.15, 0.2) is 0 Å². The maximum atomic E-state index is 12.4. The van der Waals surface area contributed by atoms with Crippen molar-refractivity contribution in [2.45, 2.75) is 19.3 Å². The van der Waals surface area contributed by atoms with E-state index in [1.807, 2.05) is 4.90 Å². The molecule has 0 bridgehead atoms. The van der Waals surface area contributed by atoms with Crippen LogP contribution in [0.3, 0.4) is 0 Å². The van der Waals surface area contributed by atoms with Crippen LogP contribution in [0.2, 0.25) is 0 Å². The second-order valence-electron chi connectivity index (χ2n) is 3.65. The predicted molar refractivity (Wildman–Crippen MR) is 49.7 cm³/mol. The quantitative estimate of drug-likeness (QED) is 0.777. The molecule has 1 heterocycles. The fourth-order valence-electron chi connectivity index (χ4n) is 1.77. The molecule has 1 aliphatic rings. The minimum Gasteiger partial charge on any atom is -0.318 e. The van der Waals surface area contributed by atoms with Gasteiger partial charge in [0.2, 0.25) is 0 Å². The molecule has 2 rings (SSSR count). The van der Waals surface area contributed by atoms with Crippen LogP contribution in [-0.4, -0.2) is 11.6 Å². The highest BCUT2D eigenvalue weighted by atomic mass is 19.4. The molecule has 0 aromatic heterocycles. The lowest BCUT2D eigenvalue weighted by Gasteiger charge is -2.09. The summed E-state index contributed by atoms with van der Waals surface area (Å²) in [5.74, 6) is 0. The highest BCUT2D eigenvalue weighted by Crippen LogP contribution is 2.32. The van der Waals surface area contributed by atoms with Crippen molar-refractivity contribution >= 4 is 0 Å². The van der Waals surface area contributed by atoms with Crippen molar-refractivity contribution in [2.24, 2.45) is 5.73 Å². The standard InChI is InChI=1S/C10H11F3N2/c11-10(12,13)9-2-1-7-4-15(6-14)5-8(7)3-9/h1-3H,4-6,14H2. The third-order valence-corrected chi connectivity index (χ3v) is 2.58. The minimum absolute atomic E-state index is 0.371. The third-order valence-electron chi connectivity index (χ3n) is 2.58. The molecule has 0 saturated heterocycles. The topological polar surface area (TPSA) is 29.3 Å². The molecule has 0 aliphatic carbocycles. The van der Waals surface area contributed by atoms with Gasteiger partial charge in [0.1, 0.15) is 0 Å². The molecule has 0 spiro atoms. The number of nitrogens with two attached hydrogens (primary N) is 1. The lowest BCUT2D eigenvalue weighted by molar-refractivity contribution is -0.137. The van der Waals surface area contributed by atoms with E-state index in [1.165, 1.54) is 12.1 Å². The van der Waals surface area contributed by atoms with Crippen LogP contribution in [0.5, 0.6) is 0 Å². The zero-order chi connectivity index (χ0) is 11.1. The number of halogens is 3. The van der Waals surface area contributed by atoms with Crippen molar-refractivity contribution in [1.29, 1.82) is 0 Å². The lowest BCUT2D eigenvalue weighted by Crippen LogP contribution is -2.23. The third kappa shape index (κ3) is 1.98. The van der Waals surface area contributed by atoms with Crippen LogP contribution in [0.1, 0.15) is 16.7 Å². The number of fused-ring (bicyclic) bond motifs is 1. The lowest BCUT2D eigenvalue weighted by atomic mass is 10.1. The van der Waals surface area contributed by atoms with Crippen molar-refractivity contribution in [1.82, 2.24) is 4.90 Å².